The van der Waals surface area contributed by atoms with Crippen molar-refractivity contribution in [1.29, 1.82) is 0 Å². The van der Waals surface area contributed by atoms with Crippen molar-refractivity contribution in [3.8, 4) is 0 Å². The highest BCUT2D eigenvalue weighted by atomic mass is 79.9. The molecule has 0 amide bonds. The molecule has 13 heavy (non-hydrogen) atoms. The number of halogens is 1. The van der Waals surface area contributed by atoms with Gasteiger partial charge in [-0.15, -0.1) is 0 Å². The lowest BCUT2D eigenvalue weighted by atomic mass is 10.1. The fraction of sp³-hybridized carbons (Fsp3) is 0.667. The standard InChI is InChI=1S/C9H16BrN3/c1-7(5-11-2)4-9-8(10)6-12-13(9)3/h6-7,11H,4-5H2,1-3H3. The molecule has 1 rings (SSSR count). The summed E-state index contributed by atoms with van der Waals surface area (Å²) in [6, 6.07) is 0. The van der Waals surface area contributed by atoms with Crippen LogP contribution in [0.15, 0.2) is 10.7 Å². The minimum absolute atomic E-state index is 0.636. The minimum atomic E-state index is 0.636. The highest BCUT2D eigenvalue weighted by molar-refractivity contribution is 9.10. The van der Waals surface area contributed by atoms with E-state index in [2.05, 4.69) is 33.3 Å². The van der Waals surface area contributed by atoms with Gasteiger partial charge in [-0.3, -0.25) is 4.68 Å². The van der Waals surface area contributed by atoms with Gasteiger partial charge in [0.15, 0.2) is 0 Å². The van der Waals surface area contributed by atoms with Gasteiger partial charge in [-0.05, 0) is 41.9 Å². The van der Waals surface area contributed by atoms with Crippen LogP contribution in [0, 0.1) is 5.92 Å². The third kappa shape index (κ3) is 2.81. The van der Waals surface area contributed by atoms with Crippen molar-refractivity contribution in [2.45, 2.75) is 13.3 Å². The van der Waals surface area contributed by atoms with E-state index in [9.17, 15) is 0 Å². The summed E-state index contributed by atoms with van der Waals surface area (Å²) in [6.07, 6.45) is 2.90. The third-order valence-electron chi connectivity index (χ3n) is 2.10. The molecule has 0 aromatic carbocycles. The first kappa shape index (κ1) is 10.7. The maximum Gasteiger partial charge on any atom is 0.0635 e. The molecule has 0 aliphatic rings. The van der Waals surface area contributed by atoms with E-state index >= 15 is 0 Å². The Labute approximate surface area is 87.6 Å². The summed E-state index contributed by atoms with van der Waals surface area (Å²) >= 11 is 3.49. The van der Waals surface area contributed by atoms with Gasteiger partial charge in [0.1, 0.15) is 0 Å². The van der Waals surface area contributed by atoms with E-state index in [-0.39, 0.29) is 0 Å². The summed E-state index contributed by atoms with van der Waals surface area (Å²) < 4.78 is 3.04. The molecule has 0 aliphatic heterocycles. The third-order valence-corrected chi connectivity index (χ3v) is 2.77. The van der Waals surface area contributed by atoms with Gasteiger partial charge >= 0.3 is 0 Å². The Hall–Kier alpha value is -0.350. The van der Waals surface area contributed by atoms with Crippen molar-refractivity contribution >= 4 is 15.9 Å². The monoisotopic (exact) mass is 245 g/mol. The molecule has 1 unspecified atom stereocenters. The molecular weight excluding hydrogens is 230 g/mol. The largest absolute Gasteiger partial charge is 0.319 e. The zero-order chi connectivity index (χ0) is 9.84. The predicted octanol–water partition coefficient (Wildman–Crippen LogP) is 1.58. The topological polar surface area (TPSA) is 29.9 Å². The average molecular weight is 246 g/mol. The zero-order valence-electron chi connectivity index (χ0n) is 8.34. The maximum atomic E-state index is 4.18. The Morgan fingerprint density at radius 3 is 2.85 bits per heavy atom. The van der Waals surface area contributed by atoms with Crippen LogP contribution in [0.2, 0.25) is 0 Å². The molecule has 3 nitrogen and oxygen atoms in total. The lowest BCUT2D eigenvalue weighted by molar-refractivity contribution is 0.519. The molecule has 1 aromatic rings. The highest BCUT2D eigenvalue weighted by Gasteiger charge is 2.09. The van der Waals surface area contributed by atoms with Crippen molar-refractivity contribution in [2.75, 3.05) is 13.6 Å². The van der Waals surface area contributed by atoms with Crippen molar-refractivity contribution in [3.63, 3.8) is 0 Å². The van der Waals surface area contributed by atoms with Crippen LogP contribution in [0.5, 0.6) is 0 Å². The summed E-state index contributed by atoms with van der Waals surface area (Å²) in [6.45, 7) is 3.27. The van der Waals surface area contributed by atoms with Crippen LogP contribution in [0.4, 0.5) is 0 Å². The van der Waals surface area contributed by atoms with Crippen LogP contribution >= 0.6 is 15.9 Å². The second kappa shape index (κ2) is 4.77. The predicted molar refractivity (Wildman–Crippen MR) is 57.7 cm³/mol. The fourth-order valence-corrected chi connectivity index (χ4v) is 1.93. The summed E-state index contributed by atoms with van der Waals surface area (Å²) in [5.41, 5.74) is 1.27. The Balaban J connectivity index is 2.62. The number of nitrogens with one attached hydrogen (secondary N) is 1. The molecule has 1 aromatic heterocycles. The number of hydrogen-bond donors (Lipinski definition) is 1. The van der Waals surface area contributed by atoms with Gasteiger partial charge in [-0.1, -0.05) is 6.92 Å². The normalized spacial score (nSPS) is 13.2. The van der Waals surface area contributed by atoms with E-state index in [1.54, 1.807) is 0 Å². The molecule has 0 bridgehead atoms. The smallest absolute Gasteiger partial charge is 0.0635 e. The Morgan fingerprint density at radius 1 is 1.69 bits per heavy atom. The Bertz CT molecular complexity index is 250. The molecule has 1 N–H and O–H groups in total. The van der Waals surface area contributed by atoms with E-state index < -0.39 is 0 Å². The molecule has 74 valence electrons. The lowest BCUT2D eigenvalue weighted by Crippen LogP contribution is -2.19. The van der Waals surface area contributed by atoms with E-state index in [1.165, 1.54) is 5.69 Å². The Morgan fingerprint density at radius 2 is 2.38 bits per heavy atom. The lowest BCUT2D eigenvalue weighted by Gasteiger charge is -2.10. The van der Waals surface area contributed by atoms with E-state index in [0.29, 0.717) is 5.92 Å². The summed E-state index contributed by atoms with van der Waals surface area (Å²) in [4.78, 5) is 0. The van der Waals surface area contributed by atoms with Crippen molar-refractivity contribution < 1.29 is 0 Å². The van der Waals surface area contributed by atoms with Gasteiger partial charge in [-0.2, -0.15) is 5.10 Å². The molecule has 0 spiro atoms. The molecule has 0 saturated heterocycles. The zero-order valence-corrected chi connectivity index (χ0v) is 9.93. The fourth-order valence-electron chi connectivity index (χ4n) is 1.42. The quantitative estimate of drug-likeness (QED) is 0.874. The van der Waals surface area contributed by atoms with Gasteiger partial charge < -0.3 is 5.32 Å². The molecule has 1 heterocycles. The molecule has 0 aliphatic carbocycles. The molecule has 0 saturated carbocycles. The minimum Gasteiger partial charge on any atom is -0.319 e. The van der Waals surface area contributed by atoms with Crippen LogP contribution in [0.1, 0.15) is 12.6 Å². The van der Waals surface area contributed by atoms with Crippen LogP contribution < -0.4 is 5.32 Å². The first-order chi connectivity index (χ1) is 6.15. The maximum absolute atomic E-state index is 4.18. The molecule has 1 atom stereocenters. The second-order valence-corrected chi connectivity index (χ2v) is 4.28. The van der Waals surface area contributed by atoms with Crippen LogP contribution in [0.25, 0.3) is 0 Å². The van der Waals surface area contributed by atoms with Crippen molar-refractivity contribution in [3.05, 3.63) is 16.4 Å². The molecule has 0 fully saturated rings. The number of hydrogen-bond acceptors (Lipinski definition) is 2. The van der Waals surface area contributed by atoms with Gasteiger partial charge in [0.05, 0.1) is 16.4 Å². The summed E-state index contributed by atoms with van der Waals surface area (Å²) in [5, 5.41) is 7.35. The van der Waals surface area contributed by atoms with Crippen LogP contribution in [-0.4, -0.2) is 23.4 Å². The van der Waals surface area contributed by atoms with Gasteiger partial charge in [-0.25, -0.2) is 0 Å². The first-order valence-corrected chi connectivity index (χ1v) is 5.25. The SMILES string of the molecule is CNCC(C)Cc1c(Br)cnn1C. The van der Waals surface area contributed by atoms with Crippen LogP contribution in [0.3, 0.4) is 0 Å². The Kier molecular flexibility index (Phi) is 3.93. The van der Waals surface area contributed by atoms with Gasteiger partial charge in [0, 0.05) is 7.05 Å². The molecular formula is C9H16BrN3. The van der Waals surface area contributed by atoms with Crippen LogP contribution in [-0.2, 0) is 13.5 Å². The van der Waals surface area contributed by atoms with Crippen molar-refractivity contribution in [1.82, 2.24) is 15.1 Å². The highest BCUT2D eigenvalue weighted by Crippen LogP contribution is 2.18. The first-order valence-electron chi connectivity index (χ1n) is 4.46. The number of rotatable bonds is 4. The van der Waals surface area contributed by atoms with E-state index in [1.807, 2.05) is 25.0 Å². The molecule has 4 heteroatoms. The number of aryl methyl sites for hydroxylation is 1. The second-order valence-electron chi connectivity index (χ2n) is 3.43. The molecule has 0 radical (unpaired) electrons. The average Bonchev–Trinajstić information content (AvgIpc) is 2.36. The van der Waals surface area contributed by atoms with Crippen molar-refractivity contribution in [2.24, 2.45) is 13.0 Å². The van der Waals surface area contributed by atoms with E-state index in [4.69, 9.17) is 0 Å². The summed E-state index contributed by atoms with van der Waals surface area (Å²) in [7, 11) is 3.96. The van der Waals surface area contributed by atoms with E-state index in [0.717, 1.165) is 17.4 Å². The van der Waals surface area contributed by atoms with Gasteiger partial charge in [0.25, 0.3) is 0 Å². The summed E-state index contributed by atoms with van der Waals surface area (Å²) in [5.74, 6) is 0.636. The van der Waals surface area contributed by atoms with Gasteiger partial charge in [0.2, 0.25) is 0 Å². The number of aromatic nitrogens is 2. The number of nitrogens with zero attached hydrogens (tertiary/aromatic N) is 2.